The molecule has 3 nitrogen and oxygen atoms in total. The highest BCUT2D eigenvalue weighted by Crippen LogP contribution is 2.08. The van der Waals surface area contributed by atoms with Crippen LogP contribution in [0.5, 0.6) is 0 Å². The largest absolute Gasteiger partial charge is 0.294 e. The van der Waals surface area contributed by atoms with E-state index in [0.717, 1.165) is 0 Å². The molecular formula is C10H8O3. The number of rotatable bonds is 3. The maximum atomic E-state index is 11.2. The molecule has 0 heterocycles. The van der Waals surface area contributed by atoms with E-state index in [2.05, 4.69) is 0 Å². The zero-order valence-corrected chi connectivity index (χ0v) is 6.90. The standard InChI is InChI=1S/C10H8O3/c11-7-9(12)10(13)8-5-3-1-2-4-6-8/h1-5,7H,6H2. The predicted molar refractivity (Wildman–Crippen MR) is 47.1 cm³/mol. The van der Waals surface area contributed by atoms with Gasteiger partial charge in [0.1, 0.15) is 0 Å². The normalized spacial score (nSPS) is 14.6. The van der Waals surface area contributed by atoms with Crippen LogP contribution >= 0.6 is 0 Å². The molecule has 0 aromatic carbocycles. The SMILES string of the molecule is O=CC(=O)C(=O)C1=CC=CC=CC1. The minimum absolute atomic E-state index is 0.0431. The van der Waals surface area contributed by atoms with Gasteiger partial charge in [-0.25, -0.2) is 0 Å². The Morgan fingerprint density at radius 2 is 2.00 bits per heavy atom. The average molecular weight is 176 g/mol. The molecule has 0 unspecified atom stereocenters. The molecule has 1 rings (SSSR count). The molecule has 13 heavy (non-hydrogen) atoms. The Kier molecular flexibility index (Phi) is 3.09. The number of ketones is 2. The van der Waals surface area contributed by atoms with Crippen molar-refractivity contribution in [3.8, 4) is 0 Å². The molecule has 0 N–H and O–H groups in total. The van der Waals surface area contributed by atoms with Gasteiger partial charge in [0.05, 0.1) is 0 Å². The van der Waals surface area contributed by atoms with E-state index in [0.29, 0.717) is 12.0 Å². The molecule has 0 aromatic heterocycles. The van der Waals surface area contributed by atoms with Crippen molar-refractivity contribution >= 4 is 17.9 Å². The average Bonchev–Trinajstić information content (AvgIpc) is 2.43. The quantitative estimate of drug-likeness (QED) is 0.362. The number of hydrogen-bond donors (Lipinski definition) is 0. The van der Waals surface area contributed by atoms with E-state index in [1.165, 1.54) is 0 Å². The van der Waals surface area contributed by atoms with Gasteiger partial charge < -0.3 is 0 Å². The van der Waals surface area contributed by atoms with Crippen LogP contribution in [0.1, 0.15) is 6.42 Å². The minimum Gasteiger partial charge on any atom is -0.294 e. The molecule has 1 aliphatic carbocycles. The first kappa shape index (κ1) is 9.32. The molecule has 1 aliphatic rings. The maximum Gasteiger partial charge on any atom is 0.265 e. The summed E-state index contributed by atoms with van der Waals surface area (Å²) in [6.07, 6.45) is 8.94. The Morgan fingerprint density at radius 1 is 1.23 bits per heavy atom. The van der Waals surface area contributed by atoms with Gasteiger partial charge in [-0.1, -0.05) is 30.4 Å². The second-order valence-electron chi connectivity index (χ2n) is 2.52. The van der Waals surface area contributed by atoms with Crippen molar-refractivity contribution in [2.45, 2.75) is 6.42 Å². The van der Waals surface area contributed by atoms with Gasteiger partial charge in [-0.3, -0.25) is 14.4 Å². The van der Waals surface area contributed by atoms with Crippen LogP contribution in [-0.2, 0) is 14.4 Å². The van der Waals surface area contributed by atoms with Crippen molar-refractivity contribution in [2.75, 3.05) is 0 Å². The van der Waals surface area contributed by atoms with Crippen LogP contribution in [0, 0.1) is 0 Å². The smallest absolute Gasteiger partial charge is 0.265 e. The van der Waals surface area contributed by atoms with E-state index in [9.17, 15) is 14.4 Å². The monoisotopic (exact) mass is 176 g/mol. The van der Waals surface area contributed by atoms with E-state index >= 15 is 0 Å². The van der Waals surface area contributed by atoms with E-state index in [-0.39, 0.29) is 6.29 Å². The van der Waals surface area contributed by atoms with Gasteiger partial charge >= 0.3 is 0 Å². The number of aldehydes is 1. The minimum atomic E-state index is -0.991. The molecule has 66 valence electrons. The Labute approximate surface area is 75.4 Å². The number of hydrogen-bond acceptors (Lipinski definition) is 3. The number of carbonyl (C=O) groups is 3. The first-order valence-electron chi connectivity index (χ1n) is 3.82. The first-order valence-corrected chi connectivity index (χ1v) is 3.82. The summed E-state index contributed by atoms with van der Waals surface area (Å²) in [7, 11) is 0. The van der Waals surface area contributed by atoms with Crippen LogP contribution in [-0.4, -0.2) is 17.9 Å². The second kappa shape index (κ2) is 4.30. The third-order valence-corrected chi connectivity index (χ3v) is 1.62. The Morgan fingerprint density at radius 3 is 2.69 bits per heavy atom. The fourth-order valence-electron chi connectivity index (χ4n) is 0.958. The van der Waals surface area contributed by atoms with Gasteiger partial charge in [0.15, 0.2) is 6.29 Å². The topological polar surface area (TPSA) is 51.2 Å². The van der Waals surface area contributed by atoms with Crippen molar-refractivity contribution in [3.63, 3.8) is 0 Å². The summed E-state index contributed by atoms with van der Waals surface area (Å²) >= 11 is 0. The summed E-state index contributed by atoms with van der Waals surface area (Å²) < 4.78 is 0. The third kappa shape index (κ3) is 2.33. The molecule has 0 aromatic rings. The molecule has 0 saturated heterocycles. The third-order valence-electron chi connectivity index (χ3n) is 1.62. The molecule has 3 heteroatoms. The van der Waals surface area contributed by atoms with Crippen LogP contribution in [0.25, 0.3) is 0 Å². The van der Waals surface area contributed by atoms with E-state index < -0.39 is 11.6 Å². The highest BCUT2D eigenvalue weighted by Gasteiger charge is 2.16. The summed E-state index contributed by atoms with van der Waals surface area (Å²) in [6.45, 7) is 0. The molecule has 0 spiro atoms. The van der Waals surface area contributed by atoms with Crippen LogP contribution in [0.15, 0.2) is 36.0 Å². The van der Waals surface area contributed by atoms with Crippen molar-refractivity contribution in [3.05, 3.63) is 36.0 Å². The first-order chi connectivity index (χ1) is 6.25. The molecule has 0 bridgehead atoms. The lowest BCUT2D eigenvalue weighted by molar-refractivity contribution is -0.138. The van der Waals surface area contributed by atoms with Crippen molar-refractivity contribution in [1.29, 1.82) is 0 Å². The van der Waals surface area contributed by atoms with Gasteiger partial charge in [0.2, 0.25) is 5.78 Å². The zero-order valence-electron chi connectivity index (χ0n) is 6.90. The Hall–Kier alpha value is -1.77. The summed E-state index contributed by atoms with van der Waals surface area (Å²) in [4.78, 5) is 31.9. The molecule has 0 amide bonds. The van der Waals surface area contributed by atoms with Crippen LogP contribution in [0.4, 0.5) is 0 Å². The number of Topliss-reactive ketones (excluding diaryl/α,β-unsaturated/α-hetero) is 2. The van der Waals surface area contributed by atoms with Crippen molar-refractivity contribution < 1.29 is 14.4 Å². The van der Waals surface area contributed by atoms with Crippen molar-refractivity contribution in [2.24, 2.45) is 0 Å². The summed E-state index contributed by atoms with van der Waals surface area (Å²) in [6, 6.07) is 0. The molecule has 0 aliphatic heterocycles. The lowest BCUT2D eigenvalue weighted by atomic mass is 10.1. The molecule has 0 radical (unpaired) electrons. The van der Waals surface area contributed by atoms with Crippen LogP contribution in [0.2, 0.25) is 0 Å². The van der Waals surface area contributed by atoms with E-state index in [4.69, 9.17) is 0 Å². The van der Waals surface area contributed by atoms with Crippen LogP contribution < -0.4 is 0 Å². The lowest BCUT2D eigenvalue weighted by Gasteiger charge is -1.96. The van der Waals surface area contributed by atoms with Gasteiger partial charge in [-0.15, -0.1) is 0 Å². The maximum absolute atomic E-state index is 11.2. The fourth-order valence-corrected chi connectivity index (χ4v) is 0.958. The van der Waals surface area contributed by atoms with Crippen LogP contribution in [0.3, 0.4) is 0 Å². The Bertz CT molecular complexity index is 332. The molecule has 0 fully saturated rings. The predicted octanol–water partition coefficient (Wildman–Crippen LogP) is 0.766. The van der Waals surface area contributed by atoms with Gasteiger partial charge in [0, 0.05) is 5.57 Å². The summed E-state index contributed by atoms with van der Waals surface area (Å²) in [5.41, 5.74) is 0.349. The number of allylic oxidation sites excluding steroid dienone is 6. The van der Waals surface area contributed by atoms with E-state index in [1.807, 2.05) is 0 Å². The number of carbonyl (C=O) groups excluding carboxylic acids is 3. The molecule has 0 atom stereocenters. The lowest BCUT2D eigenvalue weighted by Crippen LogP contribution is -2.16. The van der Waals surface area contributed by atoms with Gasteiger partial charge in [-0.2, -0.15) is 0 Å². The fraction of sp³-hybridized carbons (Fsp3) is 0.100. The second-order valence-corrected chi connectivity index (χ2v) is 2.52. The summed E-state index contributed by atoms with van der Waals surface area (Å²) in [5.74, 6) is -1.71. The summed E-state index contributed by atoms with van der Waals surface area (Å²) in [5, 5.41) is 0. The molecular weight excluding hydrogens is 168 g/mol. The van der Waals surface area contributed by atoms with E-state index in [1.54, 1.807) is 30.4 Å². The highest BCUT2D eigenvalue weighted by atomic mass is 16.2. The van der Waals surface area contributed by atoms with Gasteiger partial charge in [-0.05, 0) is 6.42 Å². The zero-order chi connectivity index (χ0) is 9.68. The highest BCUT2D eigenvalue weighted by molar-refractivity contribution is 6.61. The van der Waals surface area contributed by atoms with Gasteiger partial charge in [0.25, 0.3) is 5.78 Å². The van der Waals surface area contributed by atoms with Crippen molar-refractivity contribution in [1.82, 2.24) is 0 Å². The molecule has 0 saturated carbocycles. The Balaban J connectivity index is 2.83.